The van der Waals surface area contributed by atoms with Crippen LogP contribution in [0.25, 0.3) is 21.9 Å². The number of aliphatic hydroxyl groups excluding tert-OH is 1. The smallest absolute Gasteiger partial charge is 0.459 e. The lowest BCUT2D eigenvalue weighted by Crippen LogP contribution is -2.48. The molecular formula is C29H36ClFN7O7P. The minimum Gasteiger partial charge on any atom is -0.462 e. The van der Waals surface area contributed by atoms with Crippen LogP contribution in [0, 0.1) is 0 Å². The molecule has 2 aromatic heterocycles. The third kappa shape index (κ3) is 6.61. The molecule has 2 aromatic carbocycles. The Morgan fingerprint density at radius 1 is 1.24 bits per heavy atom. The number of anilines is 2. The summed E-state index contributed by atoms with van der Waals surface area (Å²) in [4.78, 5) is 27.0. The Kier molecular flexibility index (Phi) is 9.73. The second kappa shape index (κ2) is 13.3. The summed E-state index contributed by atoms with van der Waals surface area (Å²) in [6, 6.07) is 11.2. The minimum atomic E-state index is -4.48. The van der Waals surface area contributed by atoms with Gasteiger partial charge in [-0.15, -0.1) is 11.6 Å². The molecular weight excluding hydrogens is 644 g/mol. The highest BCUT2D eigenvalue weighted by atomic mass is 35.5. The predicted octanol–water partition coefficient (Wildman–Crippen LogP) is 3.97. The van der Waals surface area contributed by atoms with Gasteiger partial charge in [0, 0.05) is 19.5 Å². The van der Waals surface area contributed by atoms with E-state index in [1.807, 2.05) is 18.2 Å². The van der Waals surface area contributed by atoms with Crippen molar-refractivity contribution in [2.24, 2.45) is 0 Å². The Morgan fingerprint density at radius 2 is 1.96 bits per heavy atom. The number of nitrogens with two attached hydrogens (primary N) is 1. The number of aromatic nitrogens is 4. The van der Waals surface area contributed by atoms with E-state index >= 15 is 4.39 Å². The van der Waals surface area contributed by atoms with Gasteiger partial charge in [0.25, 0.3) is 0 Å². The number of carbonyl (C=O) groups excluding carboxylic acids is 1. The number of hydrogen-bond acceptors (Lipinski definition) is 12. The van der Waals surface area contributed by atoms with Crippen molar-refractivity contribution >= 4 is 59.0 Å². The van der Waals surface area contributed by atoms with E-state index in [9.17, 15) is 14.5 Å². The van der Waals surface area contributed by atoms with E-state index in [1.54, 1.807) is 57.1 Å². The van der Waals surface area contributed by atoms with Crippen LogP contribution in [0.2, 0.25) is 0 Å². The Balaban J connectivity index is 1.46. The molecule has 248 valence electrons. The second-order valence-electron chi connectivity index (χ2n) is 11.4. The molecule has 4 N–H and O–H groups in total. The first kappa shape index (κ1) is 33.8. The van der Waals surface area contributed by atoms with E-state index in [0.29, 0.717) is 16.7 Å². The van der Waals surface area contributed by atoms with Crippen molar-refractivity contribution in [3.63, 3.8) is 0 Å². The third-order valence-corrected chi connectivity index (χ3v) is 9.38. The van der Waals surface area contributed by atoms with Crippen LogP contribution in [0.15, 0.2) is 48.8 Å². The number of fused-ring (bicyclic) bond motifs is 2. The van der Waals surface area contributed by atoms with E-state index in [4.69, 9.17) is 35.9 Å². The van der Waals surface area contributed by atoms with Gasteiger partial charge in [-0.05, 0) is 32.2 Å². The number of rotatable bonds is 12. The molecule has 17 heteroatoms. The van der Waals surface area contributed by atoms with Gasteiger partial charge in [-0.3, -0.25) is 13.9 Å². The van der Waals surface area contributed by atoms with Crippen LogP contribution in [0.1, 0.15) is 27.0 Å². The van der Waals surface area contributed by atoms with Gasteiger partial charge < -0.3 is 29.7 Å². The van der Waals surface area contributed by atoms with Gasteiger partial charge in [0.15, 0.2) is 29.4 Å². The Morgan fingerprint density at radius 3 is 2.65 bits per heavy atom. The van der Waals surface area contributed by atoms with E-state index in [0.717, 1.165) is 5.39 Å². The third-order valence-electron chi connectivity index (χ3n) is 7.32. The fourth-order valence-electron chi connectivity index (χ4n) is 5.03. The van der Waals surface area contributed by atoms with Gasteiger partial charge in [-0.2, -0.15) is 15.1 Å². The van der Waals surface area contributed by atoms with Crippen molar-refractivity contribution < 1.29 is 37.4 Å². The van der Waals surface area contributed by atoms with Crippen molar-refractivity contribution in [2.75, 3.05) is 37.2 Å². The summed E-state index contributed by atoms with van der Waals surface area (Å²) in [5, 5.41) is 15.2. The first-order valence-electron chi connectivity index (χ1n) is 14.4. The summed E-state index contributed by atoms with van der Waals surface area (Å²) >= 11 is 6.31. The van der Waals surface area contributed by atoms with Crippen molar-refractivity contribution in [3.8, 4) is 5.75 Å². The minimum absolute atomic E-state index is 0.0819. The van der Waals surface area contributed by atoms with Crippen molar-refractivity contribution in [1.29, 1.82) is 0 Å². The van der Waals surface area contributed by atoms with E-state index < -0.39 is 62.5 Å². The Hall–Kier alpha value is -3.59. The van der Waals surface area contributed by atoms with Crippen molar-refractivity contribution in [1.82, 2.24) is 24.6 Å². The molecule has 0 spiro atoms. The number of nitrogen functional groups attached to an aromatic ring is 1. The summed E-state index contributed by atoms with van der Waals surface area (Å²) in [5.41, 5.74) is 4.47. The zero-order valence-corrected chi connectivity index (χ0v) is 27.5. The second-order valence-corrected chi connectivity index (χ2v) is 13.4. The molecule has 1 unspecified atom stereocenters. The molecule has 0 aliphatic carbocycles. The van der Waals surface area contributed by atoms with Crippen LogP contribution in [-0.2, 0) is 23.4 Å². The molecule has 4 aromatic rings. The normalized spacial score (nSPS) is 23.5. The van der Waals surface area contributed by atoms with Gasteiger partial charge in [0.2, 0.25) is 5.95 Å². The average Bonchev–Trinajstić information content (AvgIpc) is 3.53. The number of benzene rings is 2. The van der Waals surface area contributed by atoms with Crippen LogP contribution >= 0.6 is 19.3 Å². The molecule has 0 radical (unpaired) electrons. The number of halogens is 2. The van der Waals surface area contributed by atoms with Gasteiger partial charge in [-0.1, -0.05) is 36.4 Å². The summed E-state index contributed by atoms with van der Waals surface area (Å²) in [6.45, 7) is 4.07. The highest BCUT2D eigenvalue weighted by Crippen LogP contribution is 2.50. The van der Waals surface area contributed by atoms with Crippen molar-refractivity contribution in [3.05, 3.63) is 48.8 Å². The number of esters is 1. The molecule has 14 nitrogen and oxygen atoms in total. The fourth-order valence-corrected chi connectivity index (χ4v) is 6.89. The Labute approximate surface area is 269 Å². The molecule has 1 aliphatic heterocycles. The lowest BCUT2D eigenvalue weighted by atomic mass is 9.99. The van der Waals surface area contributed by atoms with Crippen molar-refractivity contribution in [2.45, 2.75) is 57.0 Å². The van der Waals surface area contributed by atoms with Crippen LogP contribution in [0.5, 0.6) is 5.75 Å². The maximum atomic E-state index is 15.9. The number of nitrogens with zero attached hydrogens (tertiary/aromatic N) is 5. The first-order valence-corrected chi connectivity index (χ1v) is 16.5. The maximum absolute atomic E-state index is 15.9. The highest BCUT2D eigenvalue weighted by Gasteiger charge is 2.57. The zero-order chi connectivity index (χ0) is 33.4. The first-order chi connectivity index (χ1) is 21.8. The van der Waals surface area contributed by atoms with Gasteiger partial charge in [0.05, 0.1) is 24.9 Å². The van der Waals surface area contributed by atoms with Gasteiger partial charge in [-0.25, -0.2) is 13.9 Å². The summed E-state index contributed by atoms with van der Waals surface area (Å²) < 4.78 is 54.6. The largest absolute Gasteiger partial charge is 0.462 e. The lowest BCUT2D eigenvalue weighted by Gasteiger charge is -2.31. The quantitative estimate of drug-likeness (QED) is 0.112. The molecule has 0 amide bonds. The molecule has 6 atom stereocenters. The average molecular weight is 680 g/mol. The van der Waals surface area contributed by atoms with E-state index in [-0.39, 0.29) is 17.3 Å². The standard InChI is InChI=1S/C29H36ClFN7O7P/c1-16(2)43-27(40)17(3)36-46(41,45-20-12-8-10-18-9-6-7-11-19(18)20)42-14-29(13-30)23(39)21(31)26(44-29)38-15-33-22-24(37(4)5)34-28(32)35-25(22)38/h6-12,15-17,21,23,26,39H,13-14H2,1-5H3,(H,36,41)(H2,32,34,35)/t17-,21+,23-,26+,29+,46?/m0/s1. The van der Waals surface area contributed by atoms with Gasteiger partial charge >= 0.3 is 13.7 Å². The number of alkyl halides is 2. The van der Waals surface area contributed by atoms with E-state index in [2.05, 4.69) is 20.0 Å². The molecule has 0 bridgehead atoms. The summed E-state index contributed by atoms with van der Waals surface area (Å²) in [6.07, 6.45) is -4.53. The highest BCUT2D eigenvalue weighted by molar-refractivity contribution is 7.52. The molecule has 1 aliphatic rings. The maximum Gasteiger partial charge on any atom is 0.459 e. The van der Waals surface area contributed by atoms with Crippen LogP contribution in [0.3, 0.4) is 0 Å². The molecule has 1 saturated heterocycles. The Bertz CT molecular complexity index is 1770. The number of aliphatic hydroxyl groups is 1. The topological polar surface area (TPSA) is 176 Å². The SMILES string of the molecule is CC(C)OC(=O)[C@H](C)NP(=O)(OC[C@@]1(CCl)O[C@@H](n2cnc3c(N(C)C)nc(N)nc32)[C@H](F)[C@@H]1O)Oc1cccc2ccccc12. The van der Waals surface area contributed by atoms with E-state index in [1.165, 1.54) is 17.8 Å². The lowest BCUT2D eigenvalue weighted by molar-refractivity contribution is -0.149. The summed E-state index contributed by atoms with van der Waals surface area (Å²) in [7, 11) is -1.01. The number of hydrogen-bond donors (Lipinski definition) is 3. The number of imidazole rings is 1. The number of ether oxygens (including phenoxy) is 2. The van der Waals surface area contributed by atoms with Gasteiger partial charge in [0.1, 0.15) is 23.5 Å². The summed E-state index contributed by atoms with van der Waals surface area (Å²) in [5.74, 6) is -0.687. The zero-order valence-electron chi connectivity index (χ0n) is 25.8. The predicted molar refractivity (Wildman–Crippen MR) is 170 cm³/mol. The van der Waals surface area contributed by atoms with Crippen LogP contribution < -0.4 is 20.2 Å². The number of nitrogens with one attached hydrogen (secondary N) is 1. The molecule has 3 heterocycles. The number of carbonyl (C=O) groups is 1. The molecule has 46 heavy (non-hydrogen) atoms. The fraction of sp³-hybridized carbons (Fsp3) is 0.448. The molecule has 1 fully saturated rings. The van der Waals surface area contributed by atoms with Crippen LogP contribution in [0.4, 0.5) is 16.2 Å². The molecule has 0 saturated carbocycles. The molecule has 5 rings (SSSR count). The van der Waals surface area contributed by atoms with Crippen LogP contribution in [-0.4, -0.2) is 87.2 Å². The monoisotopic (exact) mass is 679 g/mol.